The molecule has 1 fully saturated rings. The molecule has 5 nitrogen and oxygen atoms in total. The Balaban J connectivity index is 1.44. The molecule has 0 N–H and O–H groups in total. The number of Topliss-reactive ketones (excluding diaryl/α,β-unsaturated/α-hetero) is 1. The topological polar surface area (TPSA) is 48.3 Å². The highest BCUT2D eigenvalue weighted by Gasteiger charge is 2.30. The molecule has 0 aliphatic carbocycles. The standard InChI is InChI=1S/C22H24N4OS/c1-17(27)16-23-21-24-22(28-21)26-14-12-25(13-15-26)20(18-8-4-2-5-9-18)19-10-6-3-7-11-19/h2-11,20H,12-16H2,1H3. The van der Waals surface area contributed by atoms with Gasteiger partial charge < -0.3 is 4.90 Å². The largest absolute Gasteiger partial charge is 0.348 e. The van der Waals surface area contributed by atoms with Crippen molar-refractivity contribution in [2.45, 2.75) is 13.0 Å². The number of carbonyl (C=O) groups excluding carboxylic acids is 1. The molecule has 6 heteroatoms. The highest BCUT2D eigenvalue weighted by molar-refractivity contribution is 8.28. The summed E-state index contributed by atoms with van der Waals surface area (Å²) < 4.78 is 0. The second-order valence-electron chi connectivity index (χ2n) is 7.04. The number of ketones is 1. The maximum absolute atomic E-state index is 11.0. The van der Waals surface area contributed by atoms with Crippen molar-refractivity contribution in [3.63, 3.8) is 0 Å². The number of nitrogens with zero attached hydrogens (tertiary/aromatic N) is 4. The van der Waals surface area contributed by atoms with Crippen LogP contribution >= 0.6 is 11.8 Å². The highest BCUT2D eigenvalue weighted by atomic mass is 32.2. The predicted molar refractivity (Wildman–Crippen MR) is 116 cm³/mol. The molecule has 0 aromatic heterocycles. The molecule has 0 saturated carbocycles. The van der Waals surface area contributed by atoms with Crippen molar-refractivity contribution in [1.29, 1.82) is 0 Å². The monoisotopic (exact) mass is 392 g/mol. The zero-order chi connectivity index (χ0) is 19.3. The second kappa shape index (κ2) is 8.71. The third-order valence-corrected chi connectivity index (χ3v) is 5.93. The van der Waals surface area contributed by atoms with Gasteiger partial charge in [-0.1, -0.05) is 60.7 Å². The summed E-state index contributed by atoms with van der Waals surface area (Å²) in [5, 5.41) is 1.75. The first-order valence-corrected chi connectivity index (χ1v) is 10.4. The van der Waals surface area contributed by atoms with Gasteiger partial charge in [-0.05, 0) is 29.8 Å². The van der Waals surface area contributed by atoms with Gasteiger partial charge in [0.05, 0.1) is 6.04 Å². The smallest absolute Gasteiger partial charge is 0.193 e. The summed E-state index contributed by atoms with van der Waals surface area (Å²) in [6, 6.07) is 21.7. The summed E-state index contributed by atoms with van der Waals surface area (Å²) in [5.74, 6) is 0.0678. The van der Waals surface area contributed by atoms with Gasteiger partial charge in [-0.2, -0.15) is 4.99 Å². The van der Waals surface area contributed by atoms with Crippen molar-refractivity contribution in [2.75, 3.05) is 32.7 Å². The Kier molecular flexibility index (Phi) is 5.88. The van der Waals surface area contributed by atoms with E-state index in [1.54, 1.807) is 18.7 Å². The minimum Gasteiger partial charge on any atom is -0.348 e. The fourth-order valence-corrected chi connectivity index (χ4v) is 4.34. The number of amidine groups is 2. The average Bonchev–Trinajstić information content (AvgIpc) is 2.69. The molecule has 2 aliphatic rings. The van der Waals surface area contributed by atoms with Crippen LogP contribution in [0.15, 0.2) is 70.6 Å². The molecule has 144 valence electrons. The minimum atomic E-state index is 0.0678. The van der Waals surface area contributed by atoms with Gasteiger partial charge in [0.15, 0.2) is 16.1 Å². The molecule has 0 spiro atoms. The summed E-state index contributed by atoms with van der Waals surface area (Å²) in [7, 11) is 0. The van der Waals surface area contributed by atoms with Crippen LogP contribution in [0, 0.1) is 0 Å². The first-order chi connectivity index (χ1) is 13.7. The summed E-state index contributed by atoms with van der Waals surface area (Å²) in [4.78, 5) is 24.6. The molecule has 4 rings (SSSR count). The van der Waals surface area contributed by atoms with Crippen molar-refractivity contribution in [1.82, 2.24) is 9.80 Å². The van der Waals surface area contributed by atoms with Crippen LogP contribution in [0.4, 0.5) is 0 Å². The molecular weight excluding hydrogens is 368 g/mol. The molecule has 0 unspecified atom stereocenters. The fraction of sp³-hybridized carbons (Fsp3) is 0.318. The zero-order valence-corrected chi connectivity index (χ0v) is 16.8. The van der Waals surface area contributed by atoms with Crippen LogP contribution in [0.3, 0.4) is 0 Å². The predicted octanol–water partition coefficient (Wildman–Crippen LogP) is 3.44. The molecule has 28 heavy (non-hydrogen) atoms. The van der Waals surface area contributed by atoms with E-state index >= 15 is 0 Å². The SMILES string of the molecule is CC(=O)CN=C1N=C(N2CCN(C(c3ccccc3)c3ccccc3)CC2)S1. The fourth-order valence-electron chi connectivity index (χ4n) is 3.61. The van der Waals surface area contributed by atoms with Gasteiger partial charge >= 0.3 is 0 Å². The van der Waals surface area contributed by atoms with Gasteiger partial charge in [-0.3, -0.25) is 14.7 Å². The van der Waals surface area contributed by atoms with E-state index in [1.807, 2.05) is 0 Å². The van der Waals surface area contributed by atoms with Gasteiger partial charge in [0.25, 0.3) is 0 Å². The van der Waals surface area contributed by atoms with Crippen LogP contribution in [0.2, 0.25) is 0 Å². The lowest BCUT2D eigenvalue weighted by Crippen LogP contribution is -2.50. The number of thioether (sulfide) groups is 1. The first-order valence-electron chi connectivity index (χ1n) is 9.60. The third-order valence-electron chi connectivity index (χ3n) is 4.99. The van der Waals surface area contributed by atoms with Crippen LogP contribution in [0.1, 0.15) is 24.1 Å². The van der Waals surface area contributed by atoms with Crippen molar-refractivity contribution in [3.05, 3.63) is 71.8 Å². The van der Waals surface area contributed by atoms with E-state index in [-0.39, 0.29) is 18.4 Å². The molecule has 2 aliphatic heterocycles. The van der Waals surface area contributed by atoms with Gasteiger partial charge in [0.1, 0.15) is 6.54 Å². The van der Waals surface area contributed by atoms with E-state index in [2.05, 4.69) is 80.4 Å². The number of hydrogen-bond acceptors (Lipinski definition) is 5. The second-order valence-corrected chi connectivity index (χ2v) is 7.98. The van der Waals surface area contributed by atoms with E-state index < -0.39 is 0 Å². The lowest BCUT2D eigenvalue weighted by atomic mass is 9.96. The number of carbonyl (C=O) groups is 1. The van der Waals surface area contributed by atoms with E-state index in [9.17, 15) is 4.79 Å². The average molecular weight is 393 g/mol. The summed E-state index contributed by atoms with van der Waals surface area (Å²) in [6.07, 6.45) is 0. The zero-order valence-electron chi connectivity index (χ0n) is 16.0. The molecule has 0 radical (unpaired) electrons. The van der Waals surface area contributed by atoms with E-state index in [0.29, 0.717) is 0 Å². The Morgan fingerprint density at radius 1 is 1.00 bits per heavy atom. The van der Waals surface area contributed by atoms with Gasteiger partial charge in [-0.15, -0.1) is 0 Å². The maximum atomic E-state index is 11.0. The normalized spacial score (nSPS) is 18.9. The van der Waals surface area contributed by atoms with Crippen LogP contribution < -0.4 is 0 Å². The molecule has 2 aromatic carbocycles. The Labute approximate surface area is 170 Å². The number of aliphatic imine (C=N–C) groups is 2. The van der Waals surface area contributed by atoms with Crippen molar-refractivity contribution >= 4 is 27.9 Å². The molecule has 2 heterocycles. The maximum Gasteiger partial charge on any atom is 0.193 e. The molecule has 1 saturated heterocycles. The lowest BCUT2D eigenvalue weighted by Gasteiger charge is -2.41. The number of benzene rings is 2. The summed E-state index contributed by atoms with van der Waals surface area (Å²) in [5.41, 5.74) is 2.66. The number of piperazine rings is 1. The minimum absolute atomic E-state index is 0.0678. The van der Waals surface area contributed by atoms with E-state index in [4.69, 9.17) is 0 Å². The van der Waals surface area contributed by atoms with Gasteiger partial charge in [-0.25, -0.2) is 0 Å². The van der Waals surface area contributed by atoms with Crippen molar-refractivity contribution in [3.8, 4) is 0 Å². The quantitative estimate of drug-likeness (QED) is 0.782. The Morgan fingerprint density at radius 2 is 1.54 bits per heavy atom. The summed E-state index contributed by atoms with van der Waals surface area (Å²) >= 11 is 1.58. The number of rotatable bonds is 5. The Morgan fingerprint density at radius 3 is 2.04 bits per heavy atom. The molecule has 0 atom stereocenters. The van der Waals surface area contributed by atoms with Gasteiger partial charge in [0.2, 0.25) is 0 Å². The Bertz CT molecular complexity index is 834. The molecule has 0 bridgehead atoms. The molecule has 2 aromatic rings. The molecule has 0 amide bonds. The Hall–Kier alpha value is -2.44. The van der Waals surface area contributed by atoms with Crippen LogP contribution in [0.5, 0.6) is 0 Å². The highest BCUT2D eigenvalue weighted by Crippen LogP contribution is 2.31. The summed E-state index contributed by atoms with van der Waals surface area (Å²) in [6.45, 7) is 5.63. The lowest BCUT2D eigenvalue weighted by molar-refractivity contribution is -0.115. The van der Waals surface area contributed by atoms with E-state index in [0.717, 1.165) is 36.5 Å². The van der Waals surface area contributed by atoms with Gasteiger partial charge in [0, 0.05) is 26.2 Å². The number of hydrogen-bond donors (Lipinski definition) is 0. The van der Waals surface area contributed by atoms with Crippen LogP contribution in [-0.4, -0.2) is 58.6 Å². The van der Waals surface area contributed by atoms with Crippen molar-refractivity contribution < 1.29 is 4.79 Å². The first kappa shape index (κ1) is 18.9. The van der Waals surface area contributed by atoms with E-state index in [1.165, 1.54) is 11.1 Å². The third kappa shape index (κ3) is 4.34. The van der Waals surface area contributed by atoms with Crippen molar-refractivity contribution in [2.24, 2.45) is 9.98 Å². The van der Waals surface area contributed by atoms with Crippen LogP contribution in [-0.2, 0) is 4.79 Å². The van der Waals surface area contributed by atoms with Crippen LogP contribution in [0.25, 0.3) is 0 Å². The molecular formula is C22H24N4OS.